The molecule has 0 unspecified atom stereocenters. The first-order valence-electron chi connectivity index (χ1n) is 7.17. The minimum Gasteiger partial charge on any atom is -0.385 e. The number of nitrogens with zero attached hydrogens (tertiary/aromatic N) is 2. The molecule has 7 nitrogen and oxygen atoms in total. The molecular formula is C13H26N4O3S. The zero-order valence-corrected chi connectivity index (χ0v) is 14.1. The minimum absolute atomic E-state index is 0.288. The van der Waals surface area contributed by atoms with Gasteiger partial charge in [0.05, 0.1) is 17.9 Å². The van der Waals surface area contributed by atoms with Gasteiger partial charge in [0.2, 0.25) is 10.0 Å². The summed E-state index contributed by atoms with van der Waals surface area (Å²) in [4.78, 5) is 0.288. The van der Waals surface area contributed by atoms with Gasteiger partial charge in [-0.2, -0.15) is 5.10 Å². The first-order chi connectivity index (χ1) is 9.94. The largest absolute Gasteiger partial charge is 0.385 e. The molecule has 122 valence electrons. The quantitative estimate of drug-likeness (QED) is 0.611. The third-order valence-corrected chi connectivity index (χ3v) is 4.86. The van der Waals surface area contributed by atoms with Crippen LogP contribution in [0.3, 0.4) is 0 Å². The second-order valence-electron chi connectivity index (χ2n) is 4.82. The van der Waals surface area contributed by atoms with E-state index in [2.05, 4.69) is 15.1 Å². The summed E-state index contributed by atoms with van der Waals surface area (Å²) < 4.78 is 34.0. The van der Waals surface area contributed by atoms with Gasteiger partial charge in [-0.05, 0) is 26.8 Å². The van der Waals surface area contributed by atoms with E-state index < -0.39 is 10.0 Å². The van der Waals surface area contributed by atoms with Crippen molar-refractivity contribution < 1.29 is 13.2 Å². The van der Waals surface area contributed by atoms with Crippen LogP contribution in [0, 0.1) is 13.8 Å². The monoisotopic (exact) mass is 318 g/mol. The molecule has 0 bridgehead atoms. The summed E-state index contributed by atoms with van der Waals surface area (Å²) in [6, 6.07) is 0. The number of hydrogen-bond donors (Lipinski definition) is 2. The highest BCUT2D eigenvalue weighted by molar-refractivity contribution is 7.89. The summed E-state index contributed by atoms with van der Waals surface area (Å²) in [7, 11) is -1.93. The lowest BCUT2D eigenvalue weighted by Crippen LogP contribution is -2.26. The maximum Gasteiger partial charge on any atom is 0.244 e. The lowest BCUT2D eigenvalue weighted by molar-refractivity contribution is 0.196. The Bertz CT molecular complexity index is 540. The molecule has 0 saturated heterocycles. The number of nitrogens with one attached hydrogen (secondary N) is 2. The molecule has 1 heterocycles. The molecule has 0 amide bonds. The molecule has 0 aliphatic carbocycles. The van der Waals surface area contributed by atoms with E-state index in [1.165, 1.54) is 0 Å². The van der Waals surface area contributed by atoms with E-state index >= 15 is 0 Å². The Kier molecular flexibility index (Phi) is 7.30. The van der Waals surface area contributed by atoms with Crippen molar-refractivity contribution >= 4 is 10.0 Å². The molecule has 0 aliphatic rings. The number of aromatic nitrogens is 2. The summed E-state index contributed by atoms with van der Waals surface area (Å²) in [6.45, 7) is 8.72. The van der Waals surface area contributed by atoms with Gasteiger partial charge < -0.3 is 10.1 Å². The highest BCUT2D eigenvalue weighted by Crippen LogP contribution is 2.18. The first-order valence-corrected chi connectivity index (χ1v) is 8.65. The molecule has 1 aromatic heterocycles. The van der Waals surface area contributed by atoms with Crippen molar-refractivity contribution in [2.75, 3.05) is 33.4 Å². The van der Waals surface area contributed by atoms with Gasteiger partial charge in [0.1, 0.15) is 4.90 Å². The average molecular weight is 318 g/mol. The number of ether oxygens (including phenoxy) is 1. The van der Waals surface area contributed by atoms with Crippen LogP contribution in [-0.4, -0.2) is 51.5 Å². The summed E-state index contributed by atoms with van der Waals surface area (Å²) in [6.07, 6.45) is 0.641. The molecule has 2 N–H and O–H groups in total. The molecule has 1 rings (SSSR count). The van der Waals surface area contributed by atoms with Crippen molar-refractivity contribution in [3.63, 3.8) is 0 Å². The molecule has 8 heteroatoms. The number of methoxy groups -OCH3 is 1. The van der Waals surface area contributed by atoms with Crippen LogP contribution in [0.4, 0.5) is 0 Å². The SMILES string of the molecule is CCNCCn1nc(C)c(S(=O)(=O)NCCCOC)c1C. The van der Waals surface area contributed by atoms with Crippen molar-refractivity contribution in [1.29, 1.82) is 0 Å². The van der Waals surface area contributed by atoms with Gasteiger partial charge in [0.15, 0.2) is 0 Å². The summed E-state index contributed by atoms with van der Waals surface area (Å²) in [5.74, 6) is 0. The van der Waals surface area contributed by atoms with Crippen LogP contribution in [0.1, 0.15) is 24.7 Å². The lowest BCUT2D eigenvalue weighted by atomic mass is 10.4. The number of rotatable bonds is 10. The zero-order chi connectivity index (χ0) is 15.9. The number of sulfonamides is 1. The summed E-state index contributed by atoms with van der Waals surface area (Å²) in [5, 5.41) is 7.53. The first kappa shape index (κ1) is 18.1. The fourth-order valence-electron chi connectivity index (χ4n) is 2.14. The second-order valence-corrected chi connectivity index (χ2v) is 6.52. The van der Waals surface area contributed by atoms with Gasteiger partial charge in [-0.15, -0.1) is 0 Å². The average Bonchev–Trinajstić information content (AvgIpc) is 2.70. The third kappa shape index (κ3) is 5.06. The number of aryl methyl sites for hydroxylation is 1. The van der Waals surface area contributed by atoms with Crippen LogP contribution < -0.4 is 10.0 Å². The molecule has 0 atom stereocenters. The van der Waals surface area contributed by atoms with E-state index in [0.29, 0.717) is 37.5 Å². The Hall–Kier alpha value is -0.960. The normalized spacial score (nSPS) is 12.0. The van der Waals surface area contributed by atoms with Gasteiger partial charge in [-0.3, -0.25) is 4.68 Å². The highest BCUT2D eigenvalue weighted by Gasteiger charge is 2.23. The van der Waals surface area contributed by atoms with Crippen LogP contribution in [-0.2, 0) is 21.3 Å². The van der Waals surface area contributed by atoms with E-state index in [4.69, 9.17) is 4.74 Å². The van der Waals surface area contributed by atoms with Gasteiger partial charge in [0, 0.05) is 26.8 Å². The minimum atomic E-state index is -3.52. The molecule has 0 radical (unpaired) electrons. The van der Waals surface area contributed by atoms with Crippen LogP contribution in [0.5, 0.6) is 0 Å². The number of hydrogen-bond acceptors (Lipinski definition) is 5. The predicted molar refractivity (Wildman–Crippen MR) is 81.9 cm³/mol. The smallest absolute Gasteiger partial charge is 0.244 e. The second kappa shape index (κ2) is 8.47. The molecule has 0 spiro atoms. The molecule has 0 fully saturated rings. The van der Waals surface area contributed by atoms with E-state index in [9.17, 15) is 8.42 Å². The third-order valence-electron chi connectivity index (χ3n) is 3.15. The van der Waals surface area contributed by atoms with Crippen molar-refractivity contribution in [1.82, 2.24) is 19.8 Å². The van der Waals surface area contributed by atoms with E-state index in [1.54, 1.807) is 25.6 Å². The fourth-order valence-corrected chi connectivity index (χ4v) is 3.63. The Morgan fingerprint density at radius 1 is 1.29 bits per heavy atom. The fraction of sp³-hybridized carbons (Fsp3) is 0.769. The Morgan fingerprint density at radius 2 is 2.00 bits per heavy atom. The van der Waals surface area contributed by atoms with Gasteiger partial charge in [-0.1, -0.05) is 6.92 Å². The lowest BCUT2D eigenvalue weighted by Gasteiger charge is -2.08. The van der Waals surface area contributed by atoms with E-state index in [1.807, 2.05) is 6.92 Å². The topological polar surface area (TPSA) is 85.2 Å². The maximum absolute atomic E-state index is 12.4. The van der Waals surface area contributed by atoms with Crippen LogP contribution in [0.15, 0.2) is 4.90 Å². The molecule has 0 saturated carbocycles. The Morgan fingerprint density at radius 3 is 2.62 bits per heavy atom. The molecule has 21 heavy (non-hydrogen) atoms. The van der Waals surface area contributed by atoms with Crippen molar-refractivity contribution in [3.05, 3.63) is 11.4 Å². The van der Waals surface area contributed by atoms with E-state index in [0.717, 1.165) is 13.1 Å². The standard InChI is InChI=1S/C13H26N4O3S/c1-5-14-8-9-17-12(3)13(11(2)16-17)21(18,19)15-7-6-10-20-4/h14-15H,5-10H2,1-4H3. The molecule has 1 aromatic rings. The highest BCUT2D eigenvalue weighted by atomic mass is 32.2. The molecule has 0 aromatic carbocycles. The van der Waals surface area contributed by atoms with Crippen molar-refractivity contribution in [2.45, 2.75) is 38.6 Å². The van der Waals surface area contributed by atoms with Gasteiger partial charge in [0.25, 0.3) is 0 Å². The zero-order valence-electron chi connectivity index (χ0n) is 13.3. The number of likely N-dealkylation sites (N-methyl/N-ethyl adjacent to an activating group) is 1. The van der Waals surface area contributed by atoms with Crippen molar-refractivity contribution in [3.8, 4) is 0 Å². The Labute approximate surface area is 127 Å². The predicted octanol–water partition coefficient (Wildman–Crippen LogP) is 0.424. The summed E-state index contributed by atoms with van der Waals surface area (Å²) >= 11 is 0. The summed E-state index contributed by atoms with van der Waals surface area (Å²) in [5.41, 5.74) is 1.20. The molecule has 0 aliphatic heterocycles. The van der Waals surface area contributed by atoms with Crippen LogP contribution >= 0.6 is 0 Å². The van der Waals surface area contributed by atoms with Crippen molar-refractivity contribution in [2.24, 2.45) is 0 Å². The van der Waals surface area contributed by atoms with Gasteiger partial charge in [-0.25, -0.2) is 13.1 Å². The van der Waals surface area contributed by atoms with Crippen LogP contribution in [0.2, 0.25) is 0 Å². The Balaban J connectivity index is 2.81. The molecular weight excluding hydrogens is 292 g/mol. The van der Waals surface area contributed by atoms with E-state index in [-0.39, 0.29) is 4.90 Å². The maximum atomic E-state index is 12.4. The van der Waals surface area contributed by atoms with Gasteiger partial charge >= 0.3 is 0 Å². The van der Waals surface area contributed by atoms with Crippen LogP contribution in [0.25, 0.3) is 0 Å².